The predicted octanol–water partition coefficient (Wildman–Crippen LogP) is 7.56. The van der Waals surface area contributed by atoms with Gasteiger partial charge in [-0.05, 0) is 84.5 Å². The quantitative estimate of drug-likeness (QED) is 0.257. The fraction of sp³-hybridized carbons (Fsp3) is 0.250. The molecule has 7 rings (SSSR count). The maximum atomic E-state index is 14.1. The van der Waals surface area contributed by atoms with Crippen molar-refractivity contribution in [2.24, 2.45) is 21.4 Å². The minimum atomic E-state index is -1.16. The number of hydrogen-bond donors (Lipinski definition) is 0. The summed E-state index contributed by atoms with van der Waals surface area (Å²) in [6.07, 6.45) is 4.25. The number of hydrogen-bond acceptors (Lipinski definition) is 7. The lowest BCUT2D eigenvalue weighted by Gasteiger charge is -2.31. The zero-order valence-corrected chi connectivity index (χ0v) is 26.8. The van der Waals surface area contributed by atoms with E-state index in [1.807, 2.05) is 12.1 Å². The van der Waals surface area contributed by atoms with Crippen LogP contribution < -0.4 is 4.90 Å². The van der Waals surface area contributed by atoms with Crippen molar-refractivity contribution >= 4 is 81.6 Å². The standard InChI is InChI=1S/C32H23Cl4FN6O3/c33-18-8-7-16(24(35)12-18)11-17-3-1-6-23-27(17)39-43(29(23)22-10-9-19(34)13-25(22)36)26(44)15-41-30-28(38-40-41)31(45)42(32(30)46)21-5-2-4-20(37)14-21/h2,4-5,7-14,23,28-30H,1,3,6,15H2. The second kappa shape index (κ2) is 12.1. The van der Waals surface area contributed by atoms with Gasteiger partial charge in [0.25, 0.3) is 17.7 Å². The molecule has 4 atom stereocenters. The van der Waals surface area contributed by atoms with Gasteiger partial charge in [-0.25, -0.2) is 14.3 Å². The molecule has 3 amide bonds. The van der Waals surface area contributed by atoms with Crippen LogP contribution in [0.3, 0.4) is 0 Å². The highest BCUT2D eigenvalue weighted by Crippen LogP contribution is 2.47. The zero-order chi connectivity index (χ0) is 32.3. The number of nitrogens with zero attached hydrogens (tertiary/aromatic N) is 6. The van der Waals surface area contributed by atoms with Crippen molar-refractivity contribution in [2.75, 3.05) is 11.4 Å². The van der Waals surface area contributed by atoms with E-state index >= 15 is 0 Å². The van der Waals surface area contributed by atoms with Crippen molar-refractivity contribution in [3.8, 4) is 0 Å². The van der Waals surface area contributed by atoms with Crippen LogP contribution >= 0.6 is 46.4 Å². The van der Waals surface area contributed by atoms with E-state index in [1.165, 1.54) is 28.2 Å². The number of imide groups is 1. The van der Waals surface area contributed by atoms with Gasteiger partial charge in [0, 0.05) is 26.0 Å². The normalized spacial score (nSPS) is 24.6. The third kappa shape index (κ3) is 5.37. The molecule has 3 aromatic rings. The molecule has 2 fully saturated rings. The van der Waals surface area contributed by atoms with Crippen LogP contribution in [0.2, 0.25) is 20.1 Å². The fourth-order valence-electron chi connectivity index (χ4n) is 6.50. The Labute approximate surface area is 282 Å². The summed E-state index contributed by atoms with van der Waals surface area (Å²) in [6, 6.07) is 12.6. The fourth-order valence-corrected chi connectivity index (χ4v) is 7.48. The van der Waals surface area contributed by atoms with Gasteiger partial charge in [-0.15, -0.1) is 0 Å². The van der Waals surface area contributed by atoms with E-state index in [2.05, 4.69) is 10.3 Å². The number of benzene rings is 3. The lowest BCUT2D eigenvalue weighted by atomic mass is 9.77. The first-order chi connectivity index (χ1) is 22.1. The van der Waals surface area contributed by atoms with E-state index in [-0.39, 0.29) is 11.6 Å². The van der Waals surface area contributed by atoms with Gasteiger partial charge in [0.15, 0.2) is 12.1 Å². The van der Waals surface area contributed by atoms with Gasteiger partial charge >= 0.3 is 0 Å². The highest BCUT2D eigenvalue weighted by molar-refractivity contribution is 6.36. The molecule has 0 bridgehead atoms. The molecule has 4 unspecified atom stereocenters. The summed E-state index contributed by atoms with van der Waals surface area (Å²) < 4.78 is 13.9. The van der Waals surface area contributed by atoms with E-state index in [0.29, 0.717) is 32.1 Å². The van der Waals surface area contributed by atoms with Gasteiger partial charge in [0.05, 0.1) is 17.4 Å². The maximum absolute atomic E-state index is 14.1. The average Bonchev–Trinajstić information content (AvgIpc) is 3.68. The SMILES string of the molecule is O=C1C2N=NN(CC(=O)N3N=C4C(=Cc5ccc(Cl)cc5Cl)CCCC4C3c3ccc(Cl)cc3Cl)C2C(=O)N1c1cccc(F)c1. The molecule has 3 aromatic carbocycles. The Morgan fingerprint density at radius 2 is 1.70 bits per heavy atom. The van der Waals surface area contributed by atoms with Crippen molar-refractivity contribution in [1.82, 2.24) is 10.0 Å². The summed E-state index contributed by atoms with van der Waals surface area (Å²) in [6.45, 7) is -0.395. The Bertz CT molecular complexity index is 1900. The van der Waals surface area contributed by atoms with E-state index in [4.69, 9.17) is 51.5 Å². The second-order valence-corrected chi connectivity index (χ2v) is 13.0. The minimum absolute atomic E-state index is 0.0819. The molecule has 14 heteroatoms. The van der Waals surface area contributed by atoms with Crippen molar-refractivity contribution < 1.29 is 18.8 Å². The van der Waals surface area contributed by atoms with Crippen molar-refractivity contribution in [1.29, 1.82) is 0 Å². The molecule has 234 valence electrons. The largest absolute Gasteiger partial charge is 0.271 e. The average molecular weight is 700 g/mol. The number of carbonyl (C=O) groups is 3. The number of anilines is 1. The van der Waals surface area contributed by atoms with E-state index in [1.54, 1.807) is 30.3 Å². The third-order valence-corrected chi connectivity index (χ3v) is 9.68. The van der Waals surface area contributed by atoms with Crippen molar-refractivity contribution in [3.63, 3.8) is 0 Å². The third-order valence-electron chi connectivity index (χ3n) is 8.55. The number of halogens is 5. The van der Waals surface area contributed by atoms with Crippen LogP contribution in [0.5, 0.6) is 0 Å². The number of rotatable bonds is 5. The Balaban J connectivity index is 1.21. The van der Waals surface area contributed by atoms with Crippen LogP contribution in [0.4, 0.5) is 10.1 Å². The van der Waals surface area contributed by atoms with Gasteiger partial charge in [-0.2, -0.15) is 10.2 Å². The van der Waals surface area contributed by atoms with Crippen LogP contribution in [0, 0.1) is 11.7 Å². The number of fused-ring (bicyclic) bond motifs is 2. The van der Waals surface area contributed by atoms with Gasteiger partial charge < -0.3 is 0 Å². The molecule has 3 aliphatic heterocycles. The van der Waals surface area contributed by atoms with E-state index in [9.17, 15) is 18.8 Å². The number of allylic oxidation sites excluding steroid dienone is 1. The summed E-state index contributed by atoms with van der Waals surface area (Å²) in [7, 11) is 0. The molecule has 0 radical (unpaired) electrons. The summed E-state index contributed by atoms with van der Waals surface area (Å²) in [5.74, 6) is -2.57. The highest BCUT2D eigenvalue weighted by Gasteiger charge is 2.56. The number of hydrazone groups is 1. The van der Waals surface area contributed by atoms with Gasteiger partial charge in [0.1, 0.15) is 12.4 Å². The maximum Gasteiger partial charge on any atom is 0.264 e. The Hall–Kier alpha value is -3.83. The molecule has 3 heterocycles. The van der Waals surface area contributed by atoms with Crippen LogP contribution in [-0.2, 0) is 14.4 Å². The summed E-state index contributed by atoms with van der Waals surface area (Å²) in [5.41, 5.74) is 3.17. The molecule has 9 nitrogen and oxygen atoms in total. The van der Waals surface area contributed by atoms with Crippen LogP contribution in [-0.4, -0.2) is 52.1 Å². The molecule has 1 aliphatic carbocycles. The van der Waals surface area contributed by atoms with Crippen LogP contribution in [0.25, 0.3) is 6.08 Å². The molecular formula is C32H23Cl4FN6O3. The monoisotopic (exact) mass is 698 g/mol. The van der Waals surface area contributed by atoms with Crippen LogP contribution in [0.15, 0.2) is 81.7 Å². The number of carbonyl (C=O) groups excluding carboxylic acids is 3. The van der Waals surface area contributed by atoms with Gasteiger partial charge in [-0.1, -0.05) is 69.8 Å². The zero-order valence-electron chi connectivity index (χ0n) is 23.8. The van der Waals surface area contributed by atoms with E-state index in [0.717, 1.165) is 40.7 Å². The Morgan fingerprint density at radius 1 is 0.935 bits per heavy atom. The summed E-state index contributed by atoms with van der Waals surface area (Å²) in [4.78, 5) is 41.6. The summed E-state index contributed by atoms with van der Waals surface area (Å²) in [5, 5.41) is 17.3. The molecule has 1 saturated carbocycles. The highest BCUT2D eigenvalue weighted by atomic mass is 35.5. The predicted molar refractivity (Wildman–Crippen MR) is 173 cm³/mol. The lowest BCUT2D eigenvalue weighted by molar-refractivity contribution is -0.136. The Morgan fingerprint density at radius 3 is 2.43 bits per heavy atom. The number of amides is 3. The van der Waals surface area contributed by atoms with Gasteiger partial charge in [-0.3, -0.25) is 19.4 Å². The first kappa shape index (κ1) is 30.8. The summed E-state index contributed by atoms with van der Waals surface area (Å²) >= 11 is 25.5. The lowest BCUT2D eigenvalue weighted by Crippen LogP contribution is -2.45. The first-order valence-electron chi connectivity index (χ1n) is 14.4. The molecule has 0 aromatic heterocycles. The molecule has 4 aliphatic rings. The Kier molecular flexibility index (Phi) is 8.09. The smallest absolute Gasteiger partial charge is 0.264 e. The first-order valence-corrected chi connectivity index (χ1v) is 15.9. The molecule has 0 N–H and O–H groups in total. The minimum Gasteiger partial charge on any atom is -0.271 e. The van der Waals surface area contributed by atoms with Crippen molar-refractivity contribution in [2.45, 2.75) is 37.4 Å². The van der Waals surface area contributed by atoms with Gasteiger partial charge in [0.2, 0.25) is 0 Å². The molecule has 0 spiro atoms. The van der Waals surface area contributed by atoms with E-state index < -0.39 is 48.2 Å². The molecule has 1 saturated heterocycles. The van der Waals surface area contributed by atoms with Crippen LogP contribution in [0.1, 0.15) is 36.4 Å². The topological polar surface area (TPSA) is 98.0 Å². The molecule has 46 heavy (non-hydrogen) atoms. The van der Waals surface area contributed by atoms with Crippen molar-refractivity contribution in [3.05, 3.63) is 103 Å². The molecular weight excluding hydrogens is 677 g/mol. The second-order valence-electron chi connectivity index (χ2n) is 11.4.